The molecule has 0 spiro atoms. The maximum Gasteiger partial charge on any atom is 0.257 e. The molecular formula is C25H29N5O2. The second-order valence-electron chi connectivity index (χ2n) is 8.13. The number of amides is 1. The summed E-state index contributed by atoms with van der Waals surface area (Å²) in [7, 11) is 0. The van der Waals surface area contributed by atoms with Gasteiger partial charge in [0.15, 0.2) is 5.65 Å². The predicted octanol–water partition coefficient (Wildman–Crippen LogP) is 4.32. The summed E-state index contributed by atoms with van der Waals surface area (Å²) < 4.78 is 7.46. The predicted molar refractivity (Wildman–Crippen MR) is 128 cm³/mol. The highest BCUT2D eigenvalue weighted by atomic mass is 16.5. The van der Waals surface area contributed by atoms with Gasteiger partial charge in [-0.3, -0.25) is 4.79 Å². The van der Waals surface area contributed by atoms with E-state index in [1.165, 1.54) is 0 Å². The highest BCUT2D eigenvalue weighted by Gasteiger charge is 2.26. The molecule has 0 bridgehead atoms. The quantitative estimate of drug-likeness (QED) is 0.405. The zero-order valence-corrected chi connectivity index (χ0v) is 18.7. The van der Waals surface area contributed by atoms with E-state index in [-0.39, 0.29) is 18.1 Å². The molecule has 0 radical (unpaired) electrons. The molecule has 2 aromatic heterocycles. The number of nitrogens with one attached hydrogen (secondary N) is 1. The number of benzene rings is 2. The molecule has 1 amide bonds. The van der Waals surface area contributed by atoms with Crippen LogP contribution in [0.5, 0.6) is 0 Å². The molecule has 0 fully saturated rings. The highest BCUT2D eigenvalue weighted by molar-refractivity contribution is 6.10. The molecule has 2 aromatic carbocycles. The Hall–Kier alpha value is -3.45. The van der Waals surface area contributed by atoms with Crippen molar-refractivity contribution in [2.75, 3.05) is 18.9 Å². The number of carbonyl (C=O) groups excluding carboxylic acids is 1. The normalized spacial score (nSPS) is 12.5. The zero-order chi connectivity index (χ0) is 22.7. The number of nitrogens with two attached hydrogens (primary N) is 1. The van der Waals surface area contributed by atoms with Gasteiger partial charge in [0.2, 0.25) is 0 Å². The number of aromatic nitrogens is 3. The van der Waals surface area contributed by atoms with Gasteiger partial charge in [-0.2, -0.15) is 0 Å². The van der Waals surface area contributed by atoms with Gasteiger partial charge in [0.1, 0.15) is 16.9 Å². The molecule has 0 aliphatic rings. The molecule has 2 heterocycles. The van der Waals surface area contributed by atoms with Gasteiger partial charge in [-0.15, -0.1) is 0 Å². The summed E-state index contributed by atoms with van der Waals surface area (Å²) in [6.07, 6.45) is 0.889. The Labute approximate surface area is 187 Å². The number of carbonyl (C=O) groups is 1. The standard InChI is InChI=1S/C25H29N5O2/c1-16(2)32-15-9-14-27-25(31)21-22-24(29-20-13-8-7-12-19(20)28-22)30(23(21)26)17(3)18-10-5-4-6-11-18/h4-8,10-13,16-17H,9,14-15,26H2,1-3H3,(H,27,31). The van der Waals surface area contributed by atoms with Crippen LogP contribution in [-0.4, -0.2) is 39.7 Å². The third-order valence-electron chi connectivity index (χ3n) is 5.49. The number of nitrogens with zero attached hydrogens (tertiary/aromatic N) is 3. The van der Waals surface area contributed by atoms with E-state index in [2.05, 4.69) is 5.32 Å². The fraction of sp³-hybridized carbons (Fsp3) is 0.320. The number of anilines is 1. The second-order valence-corrected chi connectivity index (χ2v) is 8.13. The third kappa shape index (κ3) is 4.29. The van der Waals surface area contributed by atoms with Crippen LogP contribution in [0, 0.1) is 0 Å². The van der Waals surface area contributed by atoms with Crippen LogP contribution < -0.4 is 11.1 Å². The van der Waals surface area contributed by atoms with Crippen LogP contribution in [0.4, 0.5) is 5.82 Å². The van der Waals surface area contributed by atoms with Crippen LogP contribution in [0.2, 0.25) is 0 Å². The van der Waals surface area contributed by atoms with E-state index >= 15 is 0 Å². The average molecular weight is 432 g/mol. The molecule has 4 rings (SSSR count). The fourth-order valence-corrected chi connectivity index (χ4v) is 3.86. The lowest BCUT2D eigenvalue weighted by Crippen LogP contribution is -2.26. The number of fused-ring (bicyclic) bond motifs is 2. The summed E-state index contributed by atoms with van der Waals surface area (Å²) in [5.74, 6) is 0.114. The molecule has 3 N–H and O–H groups in total. The van der Waals surface area contributed by atoms with Crippen LogP contribution in [0.3, 0.4) is 0 Å². The molecule has 0 aliphatic carbocycles. The monoisotopic (exact) mass is 431 g/mol. The van der Waals surface area contributed by atoms with E-state index in [1.807, 2.05) is 79.9 Å². The Bertz CT molecular complexity index is 1230. The van der Waals surface area contributed by atoms with E-state index in [9.17, 15) is 4.79 Å². The Kier molecular flexibility index (Phi) is 6.37. The Morgan fingerprint density at radius 1 is 1.03 bits per heavy atom. The minimum atomic E-state index is -0.249. The molecular weight excluding hydrogens is 402 g/mol. The van der Waals surface area contributed by atoms with E-state index in [1.54, 1.807) is 0 Å². The van der Waals surface area contributed by atoms with Crippen molar-refractivity contribution in [3.8, 4) is 0 Å². The molecule has 0 saturated carbocycles. The lowest BCUT2D eigenvalue weighted by Gasteiger charge is -2.17. The van der Waals surface area contributed by atoms with Crippen molar-refractivity contribution in [3.63, 3.8) is 0 Å². The number of para-hydroxylation sites is 2. The number of nitrogen functional groups attached to an aromatic ring is 1. The van der Waals surface area contributed by atoms with E-state index in [0.717, 1.165) is 23.0 Å². The first-order valence-corrected chi connectivity index (χ1v) is 11.0. The van der Waals surface area contributed by atoms with Gasteiger partial charge in [0.25, 0.3) is 5.91 Å². The van der Waals surface area contributed by atoms with Crippen LogP contribution in [0.1, 0.15) is 49.2 Å². The van der Waals surface area contributed by atoms with Gasteiger partial charge in [-0.25, -0.2) is 9.97 Å². The summed E-state index contributed by atoms with van der Waals surface area (Å²) in [5.41, 5.74) is 10.6. The first-order chi connectivity index (χ1) is 15.5. The smallest absolute Gasteiger partial charge is 0.257 e. The number of hydrogen-bond donors (Lipinski definition) is 2. The van der Waals surface area contributed by atoms with Crippen molar-refractivity contribution in [2.24, 2.45) is 0 Å². The van der Waals surface area contributed by atoms with Gasteiger partial charge >= 0.3 is 0 Å². The van der Waals surface area contributed by atoms with Gasteiger partial charge < -0.3 is 20.4 Å². The topological polar surface area (TPSA) is 95.1 Å². The molecule has 166 valence electrons. The second kappa shape index (κ2) is 9.36. The van der Waals surface area contributed by atoms with Crippen molar-refractivity contribution in [2.45, 2.75) is 39.3 Å². The van der Waals surface area contributed by atoms with Crippen LogP contribution in [0.25, 0.3) is 22.2 Å². The zero-order valence-electron chi connectivity index (χ0n) is 18.7. The lowest BCUT2D eigenvalue weighted by molar-refractivity contribution is 0.0757. The van der Waals surface area contributed by atoms with Gasteiger partial charge in [-0.1, -0.05) is 42.5 Å². The molecule has 7 nitrogen and oxygen atoms in total. The van der Waals surface area contributed by atoms with Crippen molar-refractivity contribution in [1.82, 2.24) is 19.9 Å². The minimum Gasteiger partial charge on any atom is -0.384 e. The summed E-state index contributed by atoms with van der Waals surface area (Å²) >= 11 is 0. The Morgan fingerprint density at radius 3 is 2.38 bits per heavy atom. The summed E-state index contributed by atoms with van der Waals surface area (Å²) in [6.45, 7) is 7.11. The maximum atomic E-state index is 13.2. The minimum absolute atomic E-state index is 0.116. The molecule has 32 heavy (non-hydrogen) atoms. The molecule has 1 unspecified atom stereocenters. The SMILES string of the molecule is CC(C)OCCCNC(=O)c1c(N)n(C(C)c2ccccc2)c2nc3ccccc3nc12. The Morgan fingerprint density at radius 2 is 1.69 bits per heavy atom. The summed E-state index contributed by atoms with van der Waals surface area (Å²) in [5, 5.41) is 2.97. The largest absolute Gasteiger partial charge is 0.384 e. The number of rotatable bonds is 8. The summed E-state index contributed by atoms with van der Waals surface area (Å²) in [4.78, 5) is 22.8. The average Bonchev–Trinajstić information content (AvgIpc) is 3.07. The van der Waals surface area contributed by atoms with E-state index in [0.29, 0.717) is 35.7 Å². The van der Waals surface area contributed by atoms with Gasteiger partial charge in [0.05, 0.1) is 23.2 Å². The van der Waals surface area contributed by atoms with Crippen LogP contribution in [0.15, 0.2) is 54.6 Å². The first kappa shape index (κ1) is 21.8. The highest BCUT2D eigenvalue weighted by Crippen LogP contribution is 2.33. The molecule has 1 atom stereocenters. The summed E-state index contributed by atoms with van der Waals surface area (Å²) in [6, 6.07) is 17.5. The van der Waals surface area contributed by atoms with Crippen molar-refractivity contribution < 1.29 is 9.53 Å². The number of hydrogen-bond acceptors (Lipinski definition) is 5. The van der Waals surface area contributed by atoms with E-state index < -0.39 is 0 Å². The van der Waals surface area contributed by atoms with Crippen molar-refractivity contribution in [3.05, 3.63) is 65.7 Å². The van der Waals surface area contributed by atoms with Crippen LogP contribution in [-0.2, 0) is 4.74 Å². The maximum absolute atomic E-state index is 13.2. The fourth-order valence-electron chi connectivity index (χ4n) is 3.86. The van der Waals surface area contributed by atoms with Crippen molar-refractivity contribution >= 4 is 33.9 Å². The van der Waals surface area contributed by atoms with Gasteiger partial charge in [0, 0.05) is 13.2 Å². The number of ether oxygens (including phenoxy) is 1. The molecule has 0 saturated heterocycles. The van der Waals surface area contributed by atoms with E-state index in [4.69, 9.17) is 20.4 Å². The lowest BCUT2D eigenvalue weighted by atomic mass is 10.1. The molecule has 0 aliphatic heterocycles. The van der Waals surface area contributed by atoms with Crippen molar-refractivity contribution in [1.29, 1.82) is 0 Å². The van der Waals surface area contributed by atoms with Crippen LogP contribution >= 0.6 is 0 Å². The third-order valence-corrected chi connectivity index (χ3v) is 5.49. The Balaban J connectivity index is 1.75. The van der Waals surface area contributed by atoms with Gasteiger partial charge in [-0.05, 0) is 44.9 Å². The first-order valence-electron chi connectivity index (χ1n) is 11.0. The molecule has 4 aromatic rings. The molecule has 7 heteroatoms.